The van der Waals surface area contributed by atoms with E-state index in [9.17, 15) is 18.0 Å². The number of benzene rings is 1. The molecular weight excluding hydrogens is 309 g/mol. The molecule has 1 aromatic carbocycles. The van der Waals surface area contributed by atoms with Crippen LogP contribution in [0.2, 0.25) is 0 Å². The summed E-state index contributed by atoms with van der Waals surface area (Å²) in [6.45, 7) is 1.02. The van der Waals surface area contributed by atoms with E-state index < -0.39 is 11.8 Å². The molecule has 23 heavy (non-hydrogen) atoms. The number of carbonyl (C=O) groups is 1. The lowest BCUT2D eigenvalue weighted by Crippen LogP contribution is -2.53. The molecule has 1 heterocycles. The van der Waals surface area contributed by atoms with Crippen LogP contribution in [0, 0.1) is 0 Å². The van der Waals surface area contributed by atoms with Crippen molar-refractivity contribution in [2.45, 2.75) is 24.7 Å². The number of ether oxygens (including phenoxy) is 1. The van der Waals surface area contributed by atoms with E-state index in [0.717, 1.165) is 0 Å². The molecule has 1 unspecified atom stereocenters. The first-order valence-corrected chi connectivity index (χ1v) is 7.22. The maximum Gasteiger partial charge on any atom is 0.421 e. The number of hydrogen-bond donors (Lipinski definition) is 0. The van der Waals surface area contributed by atoms with E-state index >= 15 is 0 Å². The molecule has 0 aliphatic carbocycles. The Morgan fingerprint density at radius 1 is 1.39 bits per heavy atom. The Labute approximate surface area is 133 Å². The summed E-state index contributed by atoms with van der Waals surface area (Å²) in [6.07, 6.45) is -2.55. The highest BCUT2D eigenvalue weighted by Crippen LogP contribution is 2.50. The van der Waals surface area contributed by atoms with Crippen LogP contribution in [-0.2, 0) is 16.9 Å². The molecule has 0 saturated carbocycles. The van der Waals surface area contributed by atoms with Gasteiger partial charge in [-0.15, -0.1) is 0 Å². The fourth-order valence-corrected chi connectivity index (χ4v) is 2.46. The van der Waals surface area contributed by atoms with Crippen LogP contribution in [0.1, 0.15) is 27.9 Å². The molecule has 1 aliphatic heterocycles. The Balaban J connectivity index is 2.24. The first kappa shape index (κ1) is 17.6. The summed E-state index contributed by atoms with van der Waals surface area (Å²) >= 11 is 0. The number of nitrogens with zero attached hydrogens (tertiary/aromatic N) is 2. The molecule has 1 saturated heterocycles. The third-order valence-electron chi connectivity index (χ3n) is 3.79. The SMILES string of the molecule is CN(C)CC=NCc1ccc(C2(C(F)(F)F)CCO2)c(C=O)c1. The van der Waals surface area contributed by atoms with Gasteiger partial charge in [0.1, 0.15) is 6.29 Å². The summed E-state index contributed by atoms with van der Waals surface area (Å²) < 4.78 is 44.8. The molecule has 1 fully saturated rings. The van der Waals surface area contributed by atoms with Crippen molar-refractivity contribution in [3.05, 3.63) is 34.9 Å². The molecule has 0 N–H and O–H groups in total. The predicted octanol–water partition coefficient (Wildman–Crippen LogP) is 2.81. The van der Waals surface area contributed by atoms with Gasteiger partial charge < -0.3 is 9.64 Å². The highest BCUT2D eigenvalue weighted by atomic mass is 19.4. The molecule has 4 nitrogen and oxygen atoms in total. The zero-order chi connectivity index (χ0) is 17.1. The highest BCUT2D eigenvalue weighted by Gasteiger charge is 2.62. The molecule has 1 aromatic rings. The Bertz CT molecular complexity index is 593. The molecule has 0 bridgehead atoms. The van der Waals surface area contributed by atoms with E-state index in [0.29, 0.717) is 24.9 Å². The minimum Gasteiger partial charge on any atom is -0.361 e. The lowest BCUT2D eigenvalue weighted by molar-refractivity contribution is -0.333. The van der Waals surface area contributed by atoms with E-state index in [1.807, 2.05) is 19.0 Å². The van der Waals surface area contributed by atoms with Crippen LogP contribution in [0.4, 0.5) is 13.2 Å². The van der Waals surface area contributed by atoms with E-state index in [2.05, 4.69) is 4.99 Å². The lowest BCUT2D eigenvalue weighted by atomic mass is 9.82. The molecule has 0 amide bonds. The van der Waals surface area contributed by atoms with Gasteiger partial charge in [-0.25, -0.2) is 0 Å². The zero-order valence-corrected chi connectivity index (χ0v) is 13.1. The minimum atomic E-state index is -4.55. The average molecular weight is 328 g/mol. The normalized spacial score (nSPS) is 21.7. The number of rotatable bonds is 6. The number of halogens is 3. The minimum absolute atomic E-state index is 0.00216. The number of aldehydes is 1. The quantitative estimate of drug-likeness (QED) is 0.596. The summed E-state index contributed by atoms with van der Waals surface area (Å²) in [5.74, 6) is 0. The van der Waals surface area contributed by atoms with Crippen molar-refractivity contribution < 1.29 is 22.7 Å². The summed E-state index contributed by atoms with van der Waals surface area (Å²) in [5.41, 5.74) is -1.78. The van der Waals surface area contributed by atoms with Crippen LogP contribution in [0.25, 0.3) is 0 Å². The Kier molecular flexibility index (Phi) is 5.21. The third kappa shape index (κ3) is 3.61. The average Bonchev–Trinajstić information content (AvgIpc) is 2.41. The van der Waals surface area contributed by atoms with Gasteiger partial charge in [-0.05, 0) is 25.7 Å². The summed E-state index contributed by atoms with van der Waals surface area (Å²) in [6, 6.07) is 4.34. The predicted molar refractivity (Wildman–Crippen MR) is 80.9 cm³/mol. The smallest absolute Gasteiger partial charge is 0.361 e. The van der Waals surface area contributed by atoms with Crippen molar-refractivity contribution >= 4 is 12.5 Å². The van der Waals surface area contributed by atoms with E-state index in [-0.39, 0.29) is 24.2 Å². The molecule has 1 atom stereocenters. The number of hydrogen-bond acceptors (Lipinski definition) is 4. The van der Waals surface area contributed by atoms with Crippen molar-refractivity contribution in [2.24, 2.45) is 4.99 Å². The van der Waals surface area contributed by atoms with Crippen molar-refractivity contribution in [2.75, 3.05) is 27.2 Å². The van der Waals surface area contributed by atoms with Crippen LogP contribution < -0.4 is 0 Å². The van der Waals surface area contributed by atoms with Crippen molar-refractivity contribution in [3.8, 4) is 0 Å². The molecule has 1 aliphatic rings. The zero-order valence-electron chi connectivity index (χ0n) is 13.1. The van der Waals surface area contributed by atoms with Gasteiger partial charge in [0.15, 0.2) is 5.60 Å². The van der Waals surface area contributed by atoms with Crippen LogP contribution >= 0.6 is 0 Å². The van der Waals surface area contributed by atoms with E-state index in [1.54, 1.807) is 12.3 Å². The van der Waals surface area contributed by atoms with Gasteiger partial charge in [-0.1, -0.05) is 12.1 Å². The van der Waals surface area contributed by atoms with Crippen LogP contribution in [0.5, 0.6) is 0 Å². The molecule has 126 valence electrons. The highest BCUT2D eigenvalue weighted by molar-refractivity contribution is 5.78. The van der Waals surface area contributed by atoms with Crippen molar-refractivity contribution in [3.63, 3.8) is 0 Å². The largest absolute Gasteiger partial charge is 0.421 e. The van der Waals surface area contributed by atoms with Crippen molar-refractivity contribution in [1.29, 1.82) is 0 Å². The van der Waals surface area contributed by atoms with Gasteiger partial charge in [0.2, 0.25) is 0 Å². The second-order valence-electron chi connectivity index (χ2n) is 5.75. The Morgan fingerprint density at radius 3 is 2.57 bits per heavy atom. The van der Waals surface area contributed by atoms with Crippen LogP contribution in [0.3, 0.4) is 0 Å². The molecule has 7 heteroatoms. The van der Waals surface area contributed by atoms with Crippen molar-refractivity contribution in [1.82, 2.24) is 4.90 Å². The van der Waals surface area contributed by atoms with Gasteiger partial charge >= 0.3 is 6.18 Å². The third-order valence-corrected chi connectivity index (χ3v) is 3.79. The van der Waals surface area contributed by atoms with Gasteiger partial charge in [-0.2, -0.15) is 13.2 Å². The molecule has 0 aromatic heterocycles. The van der Waals surface area contributed by atoms with Gasteiger partial charge in [0, 0.05) is 30.3 Å². The molecule has 2 rings (SSSR count). The maximum absolute atomic E-state index is 13.3. The number of carbonyl (C=O) groups excluding carboxylic acids is 1. The molecule has 0 spiro atoms. The first-order valence-electron chi connectivity index (χ1n) is 7.22. The maximum atomic E-state index is 13.3. The Hall–Kier alpha value is -1.73. The van der Waals surface area contributed by atoms with Gasteiger partial charge in [0.25, 0.3) is 0 Å². The monoisotopic (exact) mass is 328 g/mol. The second kappa shape index (κ2) is 6.80. The van der Waals surface area contributed by atoms with E-state index in [4.69, 9.17) is 4.74 Å². The molecular formula is C16H19F3N2O2. The summed E-state index contributed by atoms with van der Waals surface area (Å²) in [7, 11) is 3.81. The second-order valence-corrected chi connectivity index (χ2v) is 5.75. The van der Waals surface area contributed by atoms with Gasteiger partial charge in [0.05, 0.1) is 13.2 Å². The summed E-state index contributed by atoms with van der Waals surface area (Å²) in [4.78, 5) is 17.4. The summed E-state index contributed by atoms with van der Waals surface area (Å²) in [5, 5.41) is 0. The fourth-order valence-electron chi connectivity index (χ4n) is 2.46. The fraction of sp³-hybridized carbons (Fsp3) is 0.500. The topological polar surface area (TPSA) is 41.9 Å². The van der Waals surface area contributed by atoms with E-state index in [1.165, 1.54) is 12.1 Å². The van der Waals surface area contributed by atoms with Crippen LogP contribution in [0.15, 0.2) is 23.2 Å². The number of aliphatic imine (C=N–C) groups is 1. The lowest BCUT2D eigenvalue weighted by Gasteiger charge is -2.43. The Morgan fingerprint density at radius 2 is 2.09 bits per heavy atom. The van der Waals surface area contributed by atoms with Gasteiger partial charge in [-0.3, -0.25) is 9.79 Å². The molecule has 0 radical (unpaired) electrons. The first-order chi connectivity index (χ1) is 10.8. The number of alkyl halides is 3. The standard InChI is InChI=1S/C16H19F3N2O2/c1-21(2)7-6-20-10-12-3-4-14(13(9-12)11-22)15(5-8-23-15)16(17,18)19/h3-4,6,9,11H,5,7-8,10H2,1-2H3. The van der Waals surface area contributed by atoms with Crippen LogP contribution in [-0.4, -0.2) is 50.8 Å².